The second kappa shape index (κ2) is 6.97. The molecule has 2 heterocycles. The molecule has 0 atom stereocenters. The van der Waals surface area contributed by atoms with Crippen molar-refractivity contribution in [2.24, 2.45) is 0 Å². The molecule has 3 aromatic rings. The minimum Gasteiger partial charge on any atom is -0.361 e. The summed E-state index contributed by atoms with van der Waals surface area (Å²) in [7, 11) is 0. The molecule has 1 amide bonds. The van der Waals surface area contributed by atoms with Crippen molar-refractivity contribution in [1.29, 1.82) is 0 Å². The molecule has 0 aliphatic carbocycles. The lowest BCUT2D eigenvalue weighted by molar-refractivity contribution is 0.0952. The second-order valence-electron chi connectivity index (χ2n) is 5.65. The van der Waals surface area contributed by atoms with Crippen LogP contribution in [0.15, 0.2) is 34.2 Å². The van der Waals surface area contributed by atoms with Crippen LogP contribution in [0.1, 0.15) is 32.4 Å². The van der Waals surface area contributed by atoms with E-state index in [4.69, 9.17) is 4.52 Å². The summed E-state index contributed by atoms with van der Waals surface area (Å²) < 4.78 is 5.02. The number of nitrogens with one attached hydrogen (secondary N) is 1. The van der Waals surface area contributed by atoms with E-state index in [-0.39, 0.29) is 5.91 Å². The van der Waals surface area contributed by atoms with E-state index >= 15 is 0 Å². The molecule has 1 N–H and O–H groups in total. The fourth-order valence-corrected chi connectivity index (χ4v) is 3.18. The van der Waals surface area contributed by atoms with Gasteiger partial charge in [-0.15, -0.1) is 11.3 Å². The van der Waals surface area contributed by atoms with Crippen LogP contribution in [0.5, 0.6) is 0 Å². The SMILES string of the molecule is Cc1nc(-c2ccc(CCNC(=O)c3c(C)noc3C)cc2)cs1. The zero-order valence-corrected chi connectivity index (χ0v) is 14.7. The number of hydrogen-bond donors (Lipinski definition) is 1. The van der Waals surface area contributed by atoms with Crippen molar-refractivity contribution in [2.45, 2.75) is 27.2 Å². The van der Waals surface area contributed by atoms with Crippen LogP contribution in [0.2, 0.25) is 0 Å². The van der Waals surface area contributed by atoms with Gasteiger partial charge in [-0.25, -0.2) is 4.98 Å². The van der Waals surface area contributed by atoms with Gasteiger partial charge in [0.2, 0.25) is 0 Å². The Labute approximate surface area is 144 Å². The molecule has 0 bridgehead atoms. The van der Waals surface area contributed by atoms with Crippen molar-refractivity contribution < 1.29 is 9.32 Å². The Balaban J connectivity index is 1.56. The molecule has 0 radical (unpaired) electrons. The van der Waals surface area contributed by atoms with E-state index in [0.29, 0.717) is 23.6 Å². The number of benzene rings is 1. The number of aryl methyl sites for hydroxylation is 3. The first-order valence-electron chi connectivity index (χ1n) is 7.77. The van der Waals surface area contributed by atoms with E-state index in [2.05, 4.69) is 45.1 Å². The van der Waals surface area contributed by atoms with Crippen LogP contribution in [-0.2, 0) is 6.42 Å². The molecule has 0 saturated carbocycles. The van der Waals surface area contributed by atoms with Gasteiger partial charge in [0.1, 0.15) is 11.3 Å². The highest BCUT2D eigenvalue weighted by molar-refractivity contribution is 7.09. The molecule has 1 aromatic carbocycles. The first-order chi connectivity index (χ1) is 11.5. The summed E-state index contributed by atoms with van der Waals surface area (Å²) in [6.45, 7) is 6.08. The number of rotatable bonds is 5. The lowest BCUT2D eigenvalue weighted by atomic mass is 10.1. The normalized spacial score (nSPS) is 10.8. The summed E-state index contributed by atoms with van der Waals surface area (Å²) in [5.74, 6) is 0.411. The van der Waals surface area contributed by atoms with Gasteiger partial charge in [0.05, 0.1) is 16.4 Å². The Morgan fingerprint density at radius 3 is 2.54 bits per heavy atom. The molecule has 0 fully saturated rings. The van der Waals surface area contributed by atoms with Gasteiger partial charge in [-0.3, -0.25) is 4.79 Å². The Morgan fingerprint density at radius 1 is 1.21 bits per heavy atom. The summed E-state index contributed by atoms with van der Waals surface area (Å²) in [4.78, 5) is 16.6. The molecule has 24 heavy (non-hydrogen) atoms. The number of thiazole rings is 1. The second-order valence-corrected chi connectivity index (χ2v) is 6.72. The fraction of sp³-hybridized carbons (Fsp3) is 0.278. The van der Waals surface area contributed by atoms with Crippen LogP contribution in [0.3, 0.4) is 0 Å². The average molecular weight is 341 g/mol. The summed E-state index contributed by atoms with van der Waals surface area (Å²) in [6.07, 6.45) is 0.769. The Kier molecular flexibility index (Phi) is 4.76. The zero-order valence-electron chi connectivity index (χ0n) is 13.9. The van der Waals surface area contributed by atoms with Gasteiger partial charge < -0.3 is 9.84 Å². The summed E-state index contributed by atoms with van der Waals surface area (Å²) >= 11 is 1.65. The highest BCUT2D eigenvalue weighted by atomic mass is 32.1. The number of hydrogen-bond acceptors (Lipinski definition) is 5. The molecule has 0 aliphatic rings. The largest absolute Gasteiger partial charge is 0.361 e. The van der Waals surface area contributed by atoms with E-state index < -0.39 is 0 Å². The van der Waals surface area contributed by atoms with E-state index in [1.54, 1.807) is 25.2 Å². The van der Waals surface area contributed by atoms with Crippen LogP contribution in [-0.4, -0.2) is 22.6 Å². The molecule has 6 heteroatoms. The molecular weight excluding hydrogens is 322 g/mol. The average Bonchev–Trinajstić information content (AvgIpc) is 3.14. The molecule has 0 spiro atoms. The van der Waals surface area contributed by atoms with Crippen molar-refractivity contribution in [3.05, 3.63) is 57.2 Å². The smallest absolute Gasteiger partial charge is 0.256 e. The molecule has 2 aromatic heterocycles. The Morgan fingerprint density at radius 2 is 1.96 bits per heavy atom. The van der Waals surface area contributed by atoms with Crippen molar-refractivity contribution >= 4 is 17.2 Å². The van der Waals surface area contributed by atoms with Gasteiger partial charge in [-0.2, -0.15) is 0 Å². The van der Waals surface area contributed by atoms with Crippen LogP contribution in [0, 0.1) is 20.8 Å². The van der Waals surface area contributed by atoms with E-state index in [9.17, 15) is 4.79 Å². The number of carbonyl (C=O) groups excluding carboxylic acids is 1. The third-order valence-electron chi connectivity index (χ3n) is 3.83. The highest BCUT2D eigenvalue weighted by Crippen LogP contribution is 2.21. The summed E-state index contributed by atoms with van der Waals surface area (Å²) in [5.41, 5.74) is 4.44. The quantitative estimate of drug-likeness (QED) is 0.768. The van der Waals surface area contributed by atoms with Crippen molar-refractivity contribution in [3.63, 3.8) is 0 Å². The topological polar surface area (TPSA) is 68.0 Å². The first kappa shape index (κ1) is 16.4. The Hall–Kier alpha value is -2.47. The standard InChI is InChI=1S/C18H19N3O2S/c1-11-17(12(2)23-21-11)18(22)19-9-8-14-4-6-15(7-5-14)16-10-24-13(3)20-16/h4-7,10H,8-9H2,1-3H3,(H,19,22). The monoisotopic (exact) mass is 341 g/mol. The molecule has 3 rings (SSSR count). The maximum atomic E-state index is 12.2. The van der Waals surface area contributed by atoms with Crippen molar-refractivity contribution in [3.8, 4) is 11.3 Å². The fourth-order valence-electron chi connectivity index (χ4n) is 2.55. The molecule has 0 aliphatic heterocycles. The van der Waals surface area contributed by atoms with Gasteiger partial charge in [0.25, 0.3) is 5.91 Å². The zero-order chi connectivity index (χ0) is 17.1. The van der Waals surface area contributed by atoms with Crippen LogP contribution in [0.4, 0.5) is 0 Å². The van der Waals surface area contributed by atoms with E-state index in [1.165, 1.54) is 5.56 Å². The van der Waals surface area contributed by atoms with Crippen LogP contribution < -0.4 is 5.32 Å². The van der Waals surface area contributed by atoms with E-state index in [0.717, 1.165) is 22.7 Å². The van der Waals surface area contributed by atoms with Crippen LogP contribution >= 0.6 is 11.3 Å². The molecule has 0 unspecified atom stereocenters. The van der Waals surface area contributed by atoms with E-state index in [1.807, 2.05) is 6.92 Å². The minimum absolute atomic E-state index is 0.138. The third-order valence-corrected chi connectivity index (χ3v) is 4.60. The number of carbonyl (C=O) groups is 1. The Bertz CT molecular complexity index is 830. The van der Waals surface area contributed by atoms with Gasteiger partial charge in [-0.1, -0.05) is 29.4 Å². The molecular formula is C18H19N3O2S. The first-order valence-corrected chi connectivity index (χ1v) is 8.65. The molecule has 5 nitrogen and oxygen atoms in total. The maximum Gasteiger partial charge on any atom is 0.256 e. The lowest BCUT2D eigenvalue weighted by Crippen LogP contribution is -2.26. The predicted molar refractivity (Wildman–Crippen MR) is 94.3 cm³/mol. The van der Waals surface area contributed by atoms with Crippen LogP contribution in [0.25, 0.3) is 11.3 Å². The molecule has 0 saturated heterocycles. The van der Waals surface area contributed by atoms with Crippen molar-refractivity contribution in [1.82, 2.24) is 15.5 Å². The highest BCUT2D eigenvalue weighted by Gasteiger charge is 2.16. The minimum atomic E-state index is -0.138. The lowest BCUT2D eigenvalue weighted by Gasteiger charge is -2.06. The maximum absolute atomic E-state index is 12.2. The number of amides is 1. The third kappa shape index (κ3) is 3.54. The summed E-state index contributed by atoms with van der Waals surface area (Å²) in [6, 6.07) is 8.29. The van der Waals surface area contributed by atoms with Crippen molar-refractivity contribution in [2.75, 3.05) is 6.54 Å². The van der Waals surface area contributed by atoms with Gasteiger partial charge >= 0.3 is 0 Å². The van der Waals surface area contributed by atoms with Gasteiger partial charge in [-0.05, 0) is 32.8 Å². The summed E-state index contributed by atoms with van der Waals surface area (Å²) in [5, 5.41) is 9.85. The van der Waals surface area contributed by atoms with Gasteiger partial charge in [0, 0.05) is 17.5 Å². The molecule has 124 valence electrons. The number of nitrogens with zero attached hydrogens (tertiary/aromatic N) is 2. The van der Waals surface area contributed by atoms with Gasteiger partial charge in [0.15, 0.2) is 0 Å². The number of aromatic nitrogens is 2. The predicted octanol–water partition coefficient (Wildman–Crippen LogP) is 3.70.